The van der Waals surface area contributed by atoms with E-state index in [0.29, 0.717) is 6.54 Å². The van der Waals surface area contributed by atoms with Gasteiger partial charge in [-0.2, -0.15) is 0 Å². The topological polar surface area (TPSA) is 70.6 Å². The average molecular weight is 388 g/mol. The van der Waals surface area contributed by atoms with Gasteiger partial charge in [0.25, 0.3) is 0 Å². The van der Waals surface area contributed by atoms with Crippen molar-refractivity contribution in [2.24, 2.45) is 11.8 Å². The minimum Gasteiger partial charge on any atom is -0.379 e. The first-order valence-corrected chi connectivity index (χ1v) is 10.9. The lowest BCUT2D eigenvalue weighted by molar-refractivity contribution is -0.125. The van der Waals surface area contributed by atoms with Gasteiger partial charge in [0.15, 0.2) is 0 Å². The normalized spacial score (nSPS) is 24.0. The van der Waals surface area contributed by atoms with Crippen LogP contribution in [0.25, 0.3) is 0 Å². The fourth-order valence-corrected chi connectivity index (χ4v) is 4.39. The Morgan fingerprint density at radius 2 is 2.00 bits per heavy atom. The number of hydrogen-bond acceptors (Lipinski definition) is 6. The number of piperidine rings is 1. The lowest BCUT2D eigenvalue weighted by atomic mass is 9.86. The van der Waals surface area contributed by atoms with E-state index in [0.717, 1.165) is 88.3 Å². The highest BCUT2D eigenvalue weighted by molar-refractivity contribution is 5.79. The highest BCUT2D eigenvalue weighted by Crippen LogP contribution is 2.27. The van der Waals surface area contributed by atoms with Crippen LogP contribution in [0.3, 0.4) is 0 Å². The first kappa shape index (κ1) is 19.6. The number of morpholine rings is 1. The smallest absolute Gasteiger partial charge is 0.225 e. The van der Waals surface area contributed by atoms with E-state index in [1.165, 1.54) is 12.8 Å². The van der Waals surface area contributed by atoms with E-state index in [9.17, 15) is 4.79 Å². The third kappa shape index (κ3) is 4.81. The molecule has 0 bridgehead atoms. The minimum absolute atomic E-state index is 0.0440. The molecule has 1 aromatic heterocycles. The monoisotopic (exact) mass is 387 g/mol. The zero-order valence-corrected chi connectivity index (χ0v) is 17.0. The molecule has 3 heterocycles. The number of anilines is 1. The zero-order valence-electron chi connectivity index (χ0n) is 17.0. The van der Waals surface area contributed by atoms with Crippen molar-refractivity contribution in [3.63, 3.8) is 0 Å². The Balaban J connectivity index is 1.27. The predicted octanol–water partition coefficient (Wildman–Crippen LogP) is 1.27. The summed E-state index contributed by atoms with van der Waals surface area (Å²) in [6.45, 7) is 9.55. The second-order valence-electron chi connectivity index (χ2n) is 8.50. The molecule has 2 saturated heterocycles. The lowest BCUT2D eigenvalue weighted by Gasteiger charge is -2.31. The molecule has 4 rings (SSSR count). The van der Waals surface area contributed by atoms with Crippen molar-refractivity contribution in [1.29, 1.82) is 0 Å². The van der Waals surface area contributed by atoms with Crippen LogP contribution in [0.5, 0.6) is 0 Å². The quantitative estimate of drug-likeness (QED) is 0.820. The summed E-state index contributed by atoms with van der Waals surface area (Å²) in [6, 6.07) is 0. The largest absolute Gasteiger partial charge is 0.379 e. The van der Waals surface area contributed by atoms with Crippen molar-refractivity contribution in [3.05, 3.63) is 17.5 Å². The van der Waals surface area contributed by atoms with Gasteiger partial charge in [0.05, 0.1) is 13.2 Å². The highest BCUT2D eigenvalue weighted by atomic mass is 16.5. The summed E-state index contributed by atoms with van der Waals surface area (Å²) in [5, 5.41) is 3.13. The lowest BCUT2D eigenvalue weighted by Crippen LogP contribution is -2.43. The van der Waals surface area contributed by atoms with E-state index >= 15 is 0 Å². The van der Waals surface area contributed by atoms with Crippen LogP contribution in [0.2, 0.25) is 0 Å². The molecule has 1 atom stereocenters. The molecule has 28 heavy (non-hydrogen) atoms. The van der Waals surface area contributed by atoms with Crippen LogP contribution in [-0.2, 0) is 22.4 Å². The number of ether oxygens (including phenoxy) is 1. The number of amides is 1. The van der Waals surface area contributed by atoms with Crippen molar-refractivity contribution in [3.8, 4) is 0 Å². The van der Waals surface area contributed by atoms with Crippen LogP contribution in [0.4, 0.5) is 5.95 Å². The predicted molar refractivity (Wildman–Crippen MR) is 108 cm³/mol. The Hall–Kier alpha value is -1.73. The Morgan fingerprint density at radius 3 is 2.79 bits per heavy atom. The summed E-state index contributed by atoms with van der Waals surface area (Å²) < 4.78 is 5.36. The molecule has 7 nitrogen and oxygen atoms in total. The summed E-state index contributed by atoms with van der Waals surface area (Å²) in [7, 11) is 0. The summed E-state index contributed by atoms with van der Waals surface area (Å²) in [5.74, 6) is 1.89. The van der Waals surface area contributed by atoms with Gasteiger partial charge in [0.2, 0.25) is 11.9 Å². The van der Waals surface area contributed by atoms with Crippen LogP contribution in [0.15, 0.2) is 6.20 Å². The summed E-state index contributed by atoms with van der Waals surface area (Å²) in [6.07, 6.45) is 6.90. The van der Waals surface area contributed by atoms with E-state index in [2.05, 4.69) is 27.0 Å². The molecule has 2 fully saturated rings. The molecular formula is C21H33N5O2. The van der Waals surface area contributed by atoms with E-state index in [1.807, 2.05) is 6.20 Å². The second kappa shape index (κ2) is 9.18. The molecule has 3 aliphatic rings. The van der Waals surface area contributed by atoms with E-state index in [-0.39, 0.29) is 11.8 Å². The zero-order chi connectivity index (χ0) is 19.3. The number of nitrogens with zero attached hydrogens (tertiary/aromatic N) is 4. The van der Waals surface area contributed by atoms with Gasteiger partial charge in [-0.25, -0.2) is 9.97 Å². The van der Waals surface area contributed by atoms with Gasteiger partial charge < -0.3 is 15.0 Å². The Bertz CT molecular complexity index is 669. The maximum Gasteiger partial charge on any atom is 0.225 e. The number of fused-ring (bicyclic) bond motifs is 1. The molecular weight excluding hydrogens is 354 g/mol. The van der Waals surface area contributed by atoms with E-state index in [1.54, 1.807) is 0 Å². The van der Waals surface area contributed by atoms with Gasteiger partial charge in [0, 0.05) is 57.1 Å². The van der Waals surface area contributed by atoms with Gasteiger partial charge in [-0.3, -0.25) is 9.69 Å². The van der Waals surface area contributed by atoms with Gasteiger partial charge in [-0.15, -0.1) is 0 Å². The van der Waals surface area contributed by atoms with Crippen molar-refractivity contribution >= 4 is 11.9 Å². The molecule has 0 unspecified atom stereocenters. The maximum atomic E-state index is 12.6. The molecule has 0 aromatic carbocycles. The first-order chi connectivity index (χ1) is 13.7. The summed E-state index contributed by atoms with van der Waals surface area (Å²) in [4.78, 5) is 26.7. The summed E-state index contributed by atoms with van der Waals surface area (Å²) in [5.41, 5.74) is 2.29. The van der Waals surface area contributed by atoms with E-state index in [4.69, 9.17) is 9.72 Å². The number of rotatable bonds is 5. The average Bonchev–Trinajstić information content (AvgIpc) is 2.74. The molecule has 154 valence electrons. The van der Waals surface area contributed by atoms with Gasteiger partial charge >= 0.3 is 0 Å². The standard InChI is InChI=1S/C21H33N5O2/c1-16-4-7-26(8-5-16)21-23-15-18-14-17(2-3-19(18)24-21)20(27)22-6-9-25-10-12-28-13-11-25/h15-17H,2-14H2,1H3,(H,22,27)/t17-/m1/s1. The molecule has 1 aliphatic carbocycles. The molecule has 1 aromatic rings. The van der Waals surface area contributed by atoms with Crippen molar-refractivity contribution < 1.29 is 9.53 Å². The number of aromatic nitrogens is 2. The molecule has 0 spiro atoms. The third-order valence-corrected chi connectivity index (χ3v) is 6.41. The van der Waals surface area contributed by atoms with Crippen molar-refractivity contribution in [2.75, 3.05) is 57.4 Å². The number of carbonyl (C=O) groups is 1. The molecule has 0 saturated carbocycles. The molecule has 1 amide bonds. The molecule has 0 radical (unpaired) electrons. The van der Waals surface area contributed by atoms with Crippen LogP contribution in [0, 0.1) is 11.8 Å². The summed E-state index contributed by atoms with van der Waals surface area (Å²) >= 11 is 0. The van der Waals surface area contributed by atoms with Gasteiger partial charge in [-0.05, 0) is 43.6 Å². The second-order valence-corrected chi connectivity index (χ2v) is 8.50. The highest BCUT2D eigenvalue weighted by Gasteiger charge is 2.27. The van der Waals surface area contributed by atoms with Gasteiger partial charge in [-0.1, -0.05) is 6.92 Å². The molecule has 2 aliphatic heterocycles. The molecule has 7 heteroatoms. The van der Waals surface area contributed by atoms with Crippen molar-refractivity contribution in [1.82, 2.24) is 20.2 Å². The van der Waals surface area contributed by atoms with Gasteiger partial charge in [0.1, 0.15) is 0 Å². The maximum absolute atomic E-state index is 12.6. The van der Waals surface area contributed by atoms with Crippen LogP contribution in [-0.4, -0.2) is 73.3 Å². The Labute approximate surface area is 167 Å². The Morgan fingerprint density at radius 1 is 1.21 bits per heavy atom. The fourth-order valence-electron chi connectivity index (χ4n) is 4.39. The number of hydrogen-bond donors (Lipinski definition) is 1. The SMILES string of the molecule is CC1CCN(c2ncc3c(n2)CC[C@@H](C(=O)NCCN2CCOCC2)C3)CC1. The fraction of sp³-hybridized carbons (Fsp3) is 0.762. The van der Waals surface area contributed by atoms with Crippen LogP contribution < -0.4 is 10.2 Å². The minimum atomic E-state index is 0.0440. The first-order valence-electron chi connectivity index (χ1n) is 10.9. The van der Waals surface area contributed by atoms with Crippen molar-refractivity contribution in [2.45, 2.75) is 39.0 Å². The third-order valence-electron chi connectivity index (χ3n) is 6.41. The number of carbonyl (C=O) groups excluding carboxylic acids is 1. The number of nitrogens with one attached hydrogen (secondary N) is 1. The van der Waals surface area contributed by atoms with Crippen LogP contribution in [0.1, 0.15) is 37.4 Å². The van der Waals surface area contributed by atoms with Crippen LogP contribution >= 0.6 is 0 Å². The number of aryl methyl sites for hydroxylation is 1. The van der Waals surface area contributed by atoms with E-state index < -0.39 is 0 Å². The Kier molecular flexibility index (Phi) is 6.42. The molecule has 1 N–H and O–H groups in total.